The van der Waals surface area contributed by atoms with Gasteiger partial charge in [0.2, 0.25) is 0 Å². The zero-order valence-electron chi connectivity index (χ0n) is 15.4. The summed E-state index contributed by atoms with van der Waals surface area (Å²) in [4.78, 5) is 13.8. The van der Waals surface area contributed by atoms with Crippen molar-refractivity contribution in [1.29, 1.82) is 0 Å². The molecule has 1 rings (SSSR count). The van der Waals surface area contributed by atoms with E-state index in [0.29, 0.717) is 33.0 Å². The van der Waals surface area contributed by atoms with Gasteiger partial charge in [0.1, 0.15) is 5.60 Å². The molecule has 0 atom stereocenters. The van der Waals surface area contributed by atoms with Crippen molar-refractivity contribution in [1.82, 2.24) is 4.90 Å². The first-order valence-electron chi connectivity index (χ1n) is 8.72. The molecule has 142 valence electrons. The van der Waals surface area contributed by atoms with Crippen LogP contribution in [0, 0.1) is 0 Å². The second-order valence-electron chi connectivity index (χ2n) is 6.63. The summed E-state index contributed by atoms with van der Waals surface area (Å²) < 4.78 is 26.8. The Bertz CT molecular complexity index is 326. The molecule has 1 heterocycles. The lowest BCUT2D eigenvalue weighted by Gasteiger charge is -2.26. The first kappa shape index (κ1) is 21.3. The molecule has 1 fully saturated rings. The number of hydrogen-bond donors (Lipinski definition) is 0. The molecule has 0 saturated carbocycles. The Labute approximate surface area is 145 Å². The van der Waals surface area contributed by atoms with E-state index in [1.807, 2.05) is 20.8 Å². The molecule has 0 aromatic rings. The van der Waals surface area contributed by atoms with E-state index in [2.05, 4.69) is 4.90 Å². The average Bonchev–Trinajstić information content (AvgIpc) is 2.52. The minimum Gasteiger partial charge on any atom is -0.460 e. The molecule has 0 N–H and O–H groups in total. The van der Waals surface area contributed by atoms with E-state index in [1.54, 1.807) is 0 Å². The highest BCUT2D eigenvalue weighted by atomic mass is 16.6. The van der Waals surface area contributed by atoms with Crippen LogP contribution in [0.25, 0.3) is 0 Å². The van der Waals surface area contributed by atoms with Gasteiger partial charge in [0.25, 0.3) is 0 Å². The van der Waals surface area contributed by atoms with Crippen molar-refractivity contribution in [2.45, 2.75) is 32.8 Å². The number of ether oxygens (including phenoxy) is 5. The topological polar surface area (TPSA) is 66.5 Å². The summed E-state index contributed by atoms with van der Waals surface area (Å²) in [5.41, 5.74) is -0.442. The molecule has 1 aliphatic heterocycles. The van der Waals surface area contributed by atoms with E-state index >= 15 is 0 Å². The maximum absolute atomic E-state index is 11.4. The van der Waals surface area contributed by atoms with E-state index in [0.717, 1.165) is 39.5 Å². The predicted molar refractivity (Wildman–Crippen MR) is 90.2 cm³/mol. The Kier molecular flexibility index (Phi) is 11.2. The molecule has 0 amide bonds. The highest BCUT2D eigenvalue weighted by Crippen LogP contribution is 2.07. The minimum absolute atomic E-state index is 0.239. The maximum Gasteiger partial charge on any atom is 0.308 e. The van der Waals surface area contributed by atoms with Gasteiger partial charge in [0, 0.05) is 19.6 Å². The van der Waals surface area contributed by atoms with Crippen LogP contribution < -0.4 is 0 Å². The van der Waals surface area contributed by atoms with E-state index < -0.39 is 5.60 Å². The zero-order chi connectivity index (χ0) is 17.7. The Morgan fingerprint density at radius 3 is 2.04 bits per heavy atom. The molecule has 0 bridgehead atoms. The van der Waals surface area contributed by atoms with Gasteiger partial charge < -0.3 is 23.7 Å². The van der Waals surface area contributed by atoms with Crippen molar-refractivity contribution >= 4 is 5.97 Å². The first-order valence-corrected chi connectivity index (χ1v) is 8.72. The van der Waals surface area contributed by atoms with Crippen molar-refractivity contribution in [2.24, 2.45) is 0 Å². The fraction of sp³-hybridized carbons (Fsp3) is 0.941. The maximum atomic E-state index is 11.4. The van der Waals surface area contributed by atoms with Gasteiger partial charge >= 0.3 is 5.97 Å². The highest BCUT2D eigenvalue weighted by molar-refractivity contribution is 5.69. The molecule has 7 nitrogen and oxygen atoms in total. The number of esters is 1. The van der Waals surface area contributed by atoms with Gasteiger partial charge in [0.05, 0.1) is 59.3 Å². The number of morpholine rings is 1. The zero-order valence-corrected chi connectivity index (χ0v) is 15.4. The van der Waals surface area contributed by atoms with Crippen LogP contribution >= 0.6 is 0 Å². The quantitative estimate of drug-likeness (QED) is 0.387. The number of rotatable bonds is 12. The van der Waals surface area contributed by atoms with Crippen LogP contribution in [0.1, 0.15) is 27.2 Å². The van der Waals surface area contributed by atoms with Crippen molar-refractivity contribution in [2.75, 3.05) is 72.5 Å². The van der Waals surface area contributed by atoms with E-state index in [9.17, 15) is 4.79 Å². The van der Waals surface area contributed by atoms with E-state index in [4.69, 9.17) is 23.7 Å². The lowest BCUT2D eigenvalue weighted by Crippen LogP contribution is -2.38. The molecule has 0 aliphatic carbocycles. The largest absolute Gasteiger partial charge is 0.460 e. The van der Waals surface area contributed by atoms with Crippen molar-refractivity contribution in [3.63, 3.8) is 0 Å². The van der Waals surface area contributed by atoms with Crippen molar-refractivity contribution in [3.8, 4) is 0 Å². The molecular weight excluding hydrogens is 314 g/mol. The van der Waals surface area contributed by atoms with E-state index in [-0.39, 0.29) is 12.4 Å². The van der Waals surface area contributed by atoms with Crippen LogP contribution in [0.4, 0.5) is 0 Å². The fourth-order valence-electron chi connectivity index (χ4n) is 2.11. The third-order valence-electron chi connectivity index (χ3n) is 3.27. The second-order valence-corrected chi connectivity index (χ2v) is 6.63. The summed E-state index contributed by atoms with van der Waals surface area (Å²) in [5.74, 6) is -0.239. The van der Waals surface area contributed by atoms with Gasteiger partial charge in [-0.2, -0.15) is 0 Å². The van der Waals surface area contributed by atoms with Crippen LogP contribution in [0.5, 0.6) is 0 Å². The SMILES string of the molecule is CC(C)(C)OC(=O)CCOCCOCCOCCN1CCOCC1. The summed E-state index contributed by atoms with van der Waals surface area (Å²) in [5, 5.41) is 0. The Balaban J connectivity index is 1.78. The Morgan fingerprint density at radius 2 is 1.46 bits per heavy atom. The van der Waals surface area contributed by atoms with Gasteiger partial charge in [-0.25, -0.2) is 0 Å². The molecule has 0 radical (unpaired) electrons. The van der Waals surface area contributed by atoms with Gasteiger partial charge in [0.15, 0.2) is 0 Å². The van der Waals surface area contributed by atoms with Crippen LogP contribution in [0.2, 0.25) is 0 Å². The van der Waals surface area contributed by atoms with Gasteiger partial charge in [-0.1, -0.05) is 0 Å². The Morgan fingerprint density at radius 1 is 0.917 bits per heavy atom. The van der Waals surface area contributed by atoms with Crippen LogP contribution in [0.15, 0.2) is 0 Å². The number of hydrogen-bond acceptors (Lipinski definition) is 7. The van der Waals surface area contributed by atoms with Gasteiger partial charge in [-0.05, 0) is 20.8 Å². The van der Waals surface area contributed by atoms with Gasteiger partial charge in [-0.3, -0.25) is 9.69 Å². The summed E-state index contributed by atoms with van der Waals surface area (Å²) in [7, 11) is 0. The third-order valence-corrected chi connectivity index (χ3v) is 3.27. The smallest absolute Gasteiger partial charge is 0.308 e. The van der Waals surface area contributed by atoms with Crippen LogP contribution in [0.3, 0.4) is 0 Å². The molecular formula is C17H33NO6. The predicted octanol–water partition coefficient (Wildman–Crippen LogP) is 1.10. The molecule has 24 heavy (non-hydrogen) atoms. The lowest BCUT2D eigenvalue weighted by molar-refractivity contribution is -0.156. The molecule has 0 aromatic heterocycles. The summed E-state index contributed by atoms with van der Waals surface area (Å²) >= 11 is 0. The fourth-order valence-corrected chi connectivity index (χ4v) is 2.11. The summed E-state index contributed by atoms with van der Waals surface area (Å²) in [6, 6.07) is 0. The normalized spacial score (nSPS) is 16.3. The van der Waals surface area contributed by atoms with Gasteiger partial charge in [-0.15, -0.1) is 0 Å². The molecule has 7 heteroatoms. The lowest BCUT2D eigenvalue weighted by atomic mass is 10.2. The second kappa shape index (κ2) is 12.6. The minimum atomic E-state index is -0.442. The van der Waals surface area contributed by atoms with E-state index in [1.165, 1.54) is 0 Å². The van der Waals surface area contributed by atoms with Crippen molar-refractivity contribution < 1.29 is 28.5 Å². The van der Waals surface area contributed by atoms with Crippen LogP contribution in [-0.4, -0.2) is 89.0 Å². The number of carbonyl (C=O) groups is 1. The molecule has 0 unspecified atom stereocenters. The summed E-state index contributed by atoms with van der Waals surface area (Å²) in [6.45, 7) is 13.3. The molecule has 1 saturated heterocycles. The monoisotopic (exact) mass is 347 g/mol. The third kappa shape index (κ3) is 12.7. The molecule has 1 aliphatic rings. The summed E-state index contributed by atoms with van der Waals surface area (Å²) in [6.07, 6.45) is 0.266. The number of carbonyl (C=O) groups excluding carboxylic acids is 1. The van der Waals surface area contributed by atoms with Crippen molar-refractivity contribution in [3.05, 3.63) is 0 Å². The average molecular weight is 347 g/mol. The number of nitrogens with zero attached hydrogens (tertiary/aromatic N) is 1. The molecule has 0 spiro atoms. The standard InChI is InChI=1S/C17H33NO6/c1-17(2,3)24-16(19)4-8-20-12-14-23-15-13-22-11-7-18-5-9-21-10-6-18/h4-15H2,1-3H3. The molecule has 0 aromatic carbocycles. The highest BCUT2D eigenvalue weighted by Gasteiger charge is 2.15. The van der Waals surface area contributed by atoms with Crippen LogP contribution in [-0.2, 0) is 28.5 Å². The Hall–Kier alpha value is -0.730. The first-order chi connectivity index (χ1) is 11.5.